The van der Waals surface area contributed by atoms with Crippen molar-refractivity contribution in [1.82, 2.24) is 15.0 Å². The van der Waals surface area contributed by atoms with Crippen LogP contribution in [0.15, 0.2) is 24.4 Å². The molecule has 0 aliphatic rings. The molecular formula is C11H11IN4. The lowest BCUT2D eigenvalue weighted by Gasteiger charge is -2.07. The third kappa shape index (κ3) is 2.13. The molecule has 2 rings (SSSR count). The van der Waals surface area contributed by atoms with E-state index in [0.717, 1.165) is 20.8 Å². The minimum absolute atomic E-state index is 0.655. The van der Waals surface area contributed by atoms with Crippen LogP contribution in [0.3, 0.4) is 0 Å². The highest BCUT2D eigenvalue weighted by Crippen LogP contribution is 2.21. The van der Waals surface area contributed by atoms with Crippen LogP contribution < -0.4 is 5.32 Å². The van der Waals surface area contributed by atoms with E-state index in [1.165, 1.54) is 0 Å². The Balaban J connectivity index is 2.55. The molecule has 2 aromatic heterocycles. The number of halogens is 1. The Bertz CT molecular complexity index is 499. The van der Waals surface area contributed by atoms with Crippen molar-refractivity contribution in [1.29, 1.82) is 0 Å². The van der Waals surface area contributed by atoms with Crippen LogP contribution in [0.4, 0.5) is 5.82 Å². The van der Waals surface area contributed by atoms with Gasteiger partial charge in [0.05, 0.1) is 9.26 Å². The van der Waals surface area contributed by atoms with Crippen LogP contribution in [0.2, 0.25) is 0 Å². The molecule has 0 radical (unpaired) electrons. The lowest BCUT2D eigenvalue weighted by molar-refractivity contribution is 1.07. The number of nitrogens with one attached hydrogen (secondary N) is 1. The van der Waals surface area contributed by atoms with Crippen molar-refractivity contribution < 1.29 is 0 Å². The maximum absolute atomic E-state index is 4.43. The van der Waals surface area contributed by atoms with Crippen molar-refractivity contribution in [2.45, 2.75) is 6.92 Å². The molecule has 0 bridgehead atoms. The Labute approximate surface area is 108 Å². The molecule has 0 amide bonds. The SMILES string of the molecule is CNc1nc(-c2ccccn2)nc(C)c1I. The molecular weight excluding hydrogens is 315 g/mol. The Morgan fingerprint density at radius 2 is 2.06 bits per heavy atom. The summed E-state index contributed by atoms with van der Waals surface area (Å²) in [5.74, 6) is 1.50. The van der Waals surface area contributed by atoms with Crippen LogP contribution in [0.5, 0.6) is 0 Å². The summed E-state index contributed by atoms with van der Waals surface area (Å²) in [4.78, 5) is 13.1. The highest BCUT2D eigenvalue weighted by atomic mass is 127. The normalized spacial score (nSPS) is 10.2. The minimum Gasteiger partial charge on any atom is -0.372 e. The van der Waals surface area contributed by atoms with Gasteiger partial charge in [0, 0.05) is 13.2 Å². The molecule has 0 aromatic carbocycles. The van der Waals surface area contributed by atoms with Crippen LogP contribution in [-0.4, -0.2) is 22.0 Å². The second-order valence-corrected chi connectivity index (χ2v) is 4.34. The third-order valence-electron chi connectivity index (χ3n) is 2.15. The van der Waals surface area contributed by atoms with Crippen LogP contribution in [0.1, 0.15) is 5.69 Å². The quantitative estimate of drug-likeness (QED) is 0.862. The molecule has 0 saturated carbocycles. The maximum atomic E-state index is 4.43. The molecule has 0 spiro atoms. The van der Waals surface area contributed by atoms with Gasteiger partial charge >= 0.3 is 0 Å². The van der Waals surface area contributed by atoms with Crippen molar-refractivity contribution in [2.24, 2.45) is 0 Å². The summed E-state index contributed by atoms with van der Waals surface area (Å²) in [5.41, 5.74) is 1.75. The van der Waals surface area contributed by atoms with Crippen molar-refractivity contribution in [3.05, 3.63) is 33.7 Å². The van der Waals surface area contributed by atoms with E-state index in [-0.39, 0.29) is 0 Å². The van der Waals surface area contributed by atoms with E-state index in [9.17, 15) is 0 Å². The summed E-state index contributed by atoms with van der Waals surface area (Å²) in [5, 5.41) is 3.06. The van der Waals surface area contributed by atoms with E-state index in [1.807, 2.05) is 32.2 Å². The topological polar surface area (TPSA) is 50.7 Å². The Kier molecular flexibility index (Phi) is 3.33. The number of aryl methyl sites for hydroxylation is 1. The zero-order chi connectivity index (χ0) is 11.5. The van der Waals surface area contributed by atoms with E-state index in [4.69, 9.17) is 0 Å². The second-order valence-electron chi connectivity index (χ2n) is 3.26. The summed E-state index contributed by atoms with van der Waals surface area (Å²) < 4.78 is 1.04. The summed E-state index contributed by atoms with van der Waals surface area (Å²) in [6.45, 7) is 1.97. The molecule has 0 aliphatic carbocycles. The van der Waals surface area contributed by atoms with Crippen molar-refractivity contribution in [3.63, 3.8) is 0 Å². The van der Waals surface area contributed by atoms with Gasteiger partial charge in [-0.3, -0.25) is 4.98 Å². The summed E-state index contributed by atoms with van der Waals surface area (Å²) in [6, 6.07) is 5.71. The molecule has 1 N–H and O–H groups in total. The van der Waals surface area contributed by atoms with Gasteiger partial charge in [0.1, 0.15) is 11.5 Å². The number of anilines is 1. The highest BCUT2D eigenvalue weighted by Gasteiger charge is 2.09. The number of aromatic nitrogens is 3. The van der Waals surface area contributed by atoms with E-state index < -0.39 is 0 Å². The van der Waals surface area contributed by atoms with E-state index >= 15 is 0 Å². The third-order valence-corrected chi connectivity index (χ3v) is 3.44. The predicted molar refractivity (Wildman–Crippen MR) is 72.3 cm³/mol. The summed E-state index contributed by atoms with van der Waals surface area (Å²) in [7, 11) is 1.85. The first-order chi connectivity index (χ1) is 7.72. The molecule has 82 valence electrons. The zero-order valence-corrected chi connectivity index (χ0v) is 11.2. The van der Waals surface area contributed by atoms with Gasteiger partial charge < -0.3 is 5.32 Å². The van der Waals surface area contributed by atoms with E-state index in [0.29, 0.717) is 5.82 Å². The van der Waals surface area contributed by atoms with Crippen molar-refractivity contribution in [3.8, 4) is 11.5 Å². The first-order valence-corrected chi connectivity index (χ1v) is 5.93. The number of pyridine rings is 1. The molecule has 0 atom stereocenters. The summed E-state index contributed by atoms with van der Waals surface area (Å²) in [6.07, 6.45) is 1.74. The fourth-order valence-electron chi connectivity index (χ4n) is 1.33. The van der Waals surface area contributed by atoms with Gasteiger partial charge in [-0.1, -0.05) is 6.07 Å². The average molecular weight is 326 g/mol. The molecule has 0 aliphatic heterocycles. The van der Waals surface area contributed by atoms with Gasteiger partial charge in [-0.2, -0.15) is 0 Å². The largest absolute Gasteiger partial charge is 0.372 e. The lowest BCUT2D eigenvalue weighted by Crippen LogP contribution is -2.03. The Morgan fingerprint density at radius 3 is 2.69 bits per heavy atom. The molecule has 0 saturated heterocycles. The number of rotatable bonds is 2. The first-order valence-electron chi connectivity index (χ1n) is 4.85. The van der Waals surface area contributed by atoms with Crippen molar-refractivity contribution in [2.75, 3.05) is 12.4 Å². The van der Waals surface area contributed by atoms with E-state index in [1.54, 1.807) is 6.20 Å². The maximum Gasteiger partial charge on any atom is 0.180 e. The van der Waals surface area contributed by atoms with Crippen LogP contribution in [0.25, 0.3) is 11.5 Å². The zero-order valence-electron chi connectivity index (χ0n) is 9.03. The molecule has 4 nitrogen and oxygen atoms in total. The van der Waals surface area contributed by atoms with Gasteiger partial charge in [0.2, 0.25) is 0 Å². The standard InChI is InChI=1S/C11H11IN4/c1-7-9(12)11(13-2)16-10(15-7)8-5-3-4-6-14-8/h3-6H,1-2H3,(H,13,15,16). The Morgan fingerprint density at radius 1 is 1.25 bits per heavy atom. The van der Waals surface area contributed by atoms with Gasteiger partial charge in [-0.05, 0) is 41.6 Å². The number of hydrogen-bond acceptors (Lipinski definition) is 4. The smallest absolute Gasteiger partial charge is 0.180 e. The predicted octanol–water partition coefficient (Wildman–Crippen LogP) is 2.49. The van der Waals surface area contributed by atoms with Gasteiger partial charge in [-0.15, -0.1) is 0 Å². The van der Waals surface area contributed by atoms with Gasteiger partial charge in [0.15, 0.2) is 5.82 Å². The molecule has 0 fully saturated rings. The molecule has 16 heavy (non-hydrogen) atoms. The molecule has 0 unspecified atom stereocenters. The fourth-order valence-corrected chi connectivity index (χ4v) is 1.85. The Hall–Kier alpha value is -1.24. The van der Waals surface area contributed by atoms with Gasteiger partial charge in [0.25, 0.3) is 0 Å². The van der Waals surface area contributed by atoms with Gasteiger partial charge in [-0.25, -0.2) is 9.97 Å². The number of nitrogens with zero attached hydrogens (tertiary/aromatic N) is 3. The summed E-state index contributed by atoms with van der Waals surface area (Å²) >= 11 is 2.23. The minimum atomic E-state index is 0.655. The molecule has 2 aromatic rings. The first kappa shape index (κ1) is 11.3. The highest BCUT2D eigenvalue weighted by molar-refractivity contribution is 14.1. The monoisotopic (exact) mass is 326 g/mol. The molecule has 2 heterocycles. The lowest BCUT2D eigenvalue weighted by atomic mass is 10.3. The fraction of sp³-hybridized carbons (Fsp3) is 0.182. The average Bonchev–Trinajstić information content (AvgIpc) is 2.33. The number of hydrogen-bond donors (Lipinski definition) is 1. The second kappa shape index (κ2) is 4.73. The van der Waals surface area contributed by atoms with E-state index in [2.05, 4.69) is 42.9 Å². The van der Waals surface area contributed by atoms with Crippen molar-refractivity contribution >= 4 is 28.4 Å². The van der Waals surface area contributed by atoms with Crippen LogP contribution in [0, 0.1) is 10.5 Å². The van der Waals surface area contributed by atoms with Crippen LogP contribution >= 0.6 is 22.6 Å². The van der Waals surface area contributed by atoms with Crippen LogP contribution in [-0.2, 0) is 0 Å². The molecule has 5 heteroatoms.